The molecule has 5 heteroatoms. The molecule has 0 bridgehead atoms. The average molecular weight is 287 g/mol. The van der Waals surface area contributed by atoms with Gasteiger partial charge in [0, 0.05) is 11.6 Å². The number of hydrogen-bond acceptors (Lipinski definition) is 5. The summed E-state index contributed by atoms with van der Waals surface area (Å²) in [5, 5.41) is 3.50. The lowest BCUT2D eigenvalue weighted by Crippen LogP contribution is -2.24. The van der Waals surface area contributed by atoms with Crippen LogP contribution in [0.4, 0.5) is 0 Å². The average Bonchev–Trinajstić information content (AvgIpc) is 2.56. The second-order valence-electron chi connectivity index (χ2n) is 4.61. The van der Waals surface area contributed by atoms with E-state index in [2.05, 4.69) is 22.2 Å². The first-order chi connectivity index (χ1) is 10.3. The lowest BCUT2D eigenvalue weighted by Gasteiger charge is -2.21. The first-order valence-electron chi connectivity index (χ1n) is 7.02. The first-order valence-corrected chi connectivity index (χ1v) is 7.02. The molecule has 1 atom stereocenters. The fourth-order valence-electron chi connectivity index (χ4n) is 2.19. The Morgan fingerprint density at radius 2 is 1.95 bits per heavy atom. The summed E-state index contributed by atoms with van der Waals surface area (Å²) in [6, 6.07) is 9.74. The van der Waals surface area contributed by atoms with Gasteiger partial charge in [-0.1, -0.05) is 25.1 Å². The Morgan fingerprint density at radius 3 is 2.67 bits per heavy atom. The standard InChI is InChI=1S/C16H21N3O2/c1-4-9-17-16(12-7-5-6-8-14(12)20-2)13-10-15(21-3)19-11-18-13/h5-8,10-11,16-17H,4,9H2,1-3H3. The van der Waals surface area contributed by atoms with Crippen molar-refractivity contribution in [3.63, 3.8) is 0 Å². The van der Waals surface area contributed by atoms with Crippen molar-refractivity contribution in [1.29, 1.82) is 0 Å². The minimum atomic E-state index is -0.0574. The van der Waals surface area contributed by atoms with Crippen LogP contribution in [0.2, 0.25) is 0 Å². The summed E-state index contributed by atoms with van der Waals surface area (Å²) in [5.74, 6) is 1.39. The maximum atomic E-state index is 5.47. The van der Waals surface area contributed by atoms with Crippen molar-refractivity contribution in [3.8, 4) is 11.6 Å². The number of benzene rings is 1. The molecule has 1 N–H and O–H groups in total. The van der Waals surface area contributed by atoms with Gasteiger partial charge in [0.05, 0.1) is 26.0 Å². The molecular formula is C16H21N3O2. The van der Waals surface area contributed by atoms with Gasteiger partial charge in [0.1, 0.15) is 12.1 Å². The topological polar surface area (TPSA) is 56.3 Å². The fourth-order valence-corrected chi connectivity index (χ4v) is 2.19. The molecule has 112 valence electrons. The van der Waals surface area contributed by atoms with Crippen LogP contribution < -0.4 is 14.8 Å². The molecule has 1 aromatic heterocycles. The molecule has 1 aromatic carbocycles. The predicted octanol–water partition coefficient (Wildman–Crippen LogP) is 2.58. The van der Waals surface area contributed by atoms with Crippen molar-refractivity contribution in [2.75, 3.05) is 20.8 Å². The van der Waals surface area contributed by atoms with E-state index in [-0.39, 0.29) is 6.04 Å². The maximum absolute atomic E-state index is 5.47. The Kier molecular flexibility index (Phi) is 5.51. The Balaban J connectivity index is 2.41. The molecule has 0 aliphatic heterocycles. The minimum absolute atomic E-state index is 0.0574. The zero-order chi connectivity index (χ0) is 15.1. The summed E-state index contributed by atoms with van der Waals surface area (Å²) in [4.78, 5) is 8.45. The predicted molar refractivity (Wildman–Crippen MR) is 81.7 cm³/mol. The van der Waals surface area contributed by atoms with Gasteiger partial charge in [-0.05, 0) is 19.0 Å². The highest BCUT2D eigenvalue weighted by atomic mass is 16.5. The monoisotopic (exact) mass is 287 g/mol. The lowest BCUT2D eigenvalue weighted by atomic mass is 10.0. The zero-order valence-electron chi connectivity index (χ0n) is 12.7. The molecule has 1 unspecified atom stereocenters. The first kappa shape index (κ1) is 15.3. The number of para-hydroxylation sites is 1. The molecule has 0 saturated carbocycles. The number of rotatable bonds is 7. The molecule has 21 heavy (non-hydrogen) atoms. The van der Waals surface area contributed by atoms with Gasteiger partial charge in [-0.3, -0.25) is 0 Å². The van der Waals surface area contributed by atoms with Gasteiger partial charge in [-0.2, -0.15) is 0 Å². The summed E-state index contributed by atoms with van der Waals surface area (Å²) in [7, 11) is 3.28. The van der Waals surface area contributed by atoms with E-state index in [4.69, 9.17) is 9.47 Å². The van der Waals surface area contributed by atoms with E-state index in [1.54, 1.807) is 14.2 Å². The number of nitrogens with zero attached hydrogens (tertiary/aromatic N) is 2. The number of aromatic nitrogens is 2. The van der Waals surface area contributed by atoms with Gasteiger partial charge in [-0.15, -0.1) is 0 Å². The van der Waals surface area contributed by atoms with E-state index < -0.39 is 0 Å². The fraction of sp³-hybridized carbons (Fsp3) is 0.375. The quantitative estimate of drug-likeness (QED) is 0.848. The number of hydrogen-bond donors (Lipinski definition) is 1. The van der Waals surface area contributed by atoms with Gasteiger partial charge < -0.3 is 14.8 Å². The molecule has 0 radical (unpaired) electrons. The van der Waals surface area contributed by atoms with Crippen LogP contribution in [-0.2, 0) is 0 Å². The van der Waals surface area contributed by atoms with Crippen LogP contribution >= 0.6 is 0 Å². The number of ether oxygens (including phenoxy) is 2. The molecule has 2 aromatic rings. The summed E-state index contributed by atoms with van der Waals surface area (Å²) in [6.07, 6.45) is 2.55. The Bertz CT molecular complexity index is 575. The minimum Gasteiger partial charge on any atom is -0.496 e. The van der Waals surface area contributed by atoms with Crippen molar-refractivity contribution in [2.45, 2.75) is 19.4 Å². The SMILES string of the molecule is CCCNC(c1cc(OC)ncn1)c1ccccc1OC. The smallest absolute Gasteiger partial charge is 0.216 e. The second kappa shape index (κ2) is 7.59. The maximum Gasteiger partial charge on any atom is 0.216 e. The van der Waals surface area contributed by atoms with E-state index in [1.165, 1.54) is 6.33 Å². The van der Waals surface area contributed by atoms with Gasteiger partial charge in [0.2, 0.25) is 5.88 Å². The van der Waals surface area contributed by atoms with E-state index in [1.807, 2.05) is 30.3 Å². The van der Waals surface area contributed by atoms with Crippen molar-refractivity contribution in [3.05, 3.63) is 47.9 Å². The highest BCUT2D eigenvalue weighted by Gasteiger charge is 2.19. The van der Waals surface area contributed by atoms with Crippen LogP contribution in [0.15, 0.2) is 36.7 Å². The third-order valence-corrected chi connectivity index (χ3v) is 3.22. The summed E-state index contributed by atoms with van der Waals surface area (Å²) in [5.41, 5.74) is 1.91. The normalized spacial score (nSPS) is 12.0. The van der Waals surface area contributed by atoms with Crippen molar-refractivity contribution >= 4 is 0 Å². The van der Waals surface area contributed by atoms with E-state index in [0.717, 1.165) is 30.0 Å². The Hall–Kier alpha value is -2.14. The third-order valence-electron chi connectivity index (χ3n) is 3.22. The second-order valence-corrected chi connectivity index (χ2v) is 4.61. The van der Waals surface area contributed by atoms with Gasteiger partial charge in [0.15, 0.2) is 0 Å². The molecule has 0 spiro atoms. The summed E-state index contributed by atoms with van der Waals surface area (Å²) < 4.78 is 10.7. The largest absolute Gasteiger partial charge is 0.496 e. The Labute approximate surface area is 125 Å². The molecule has 0 amide bonds. The molecule has 0 saturated heterocycles. The van der Waals surface area contributed by atoms with Crippen LogP contribution in [0.1, 0.15) is 30.6 Å². The van der Waals surface area contributed by atoms with Crippen molar-refractivity contribution in [1.82, 2.24) is 15.3 Å². The molecule has 5 nitrogen and oxygen atoms in total. The van der Waals surface area contributed by atoms with Gasteiger partial charge >= 0.3 is 0 Å². The Morgan fingerprint density at radius 1 is 1.14 bits per heavy atom. The third kappa shape index (κ3) is 3.70. The van der Waals surface area contributed by atoms with Crippen LogP contribution in [-0.4, -0.2) is 30.7 Å². The highest BCUT2D eigenvalue weighted by Crippen LogP contribution is 2.29. The summed E-state index contributed by atoms with van der Waals surface area (Å²) in [6.45, 7) is 3.02. The molecule has 0 aliphatic rings. The van der Waals surface area contributed by atoms with E-state index >= 15 is 0 Å². The van der Waals surface area contributed by atoms with Gasteiger partial charge in [-0.25, -0.2) is 9.97 Å². The van der Waals surface area contributed by atoms with Crippen LogP contribution in [0.3, 0.4) is 0 Å². The number of methoxy groups -OCH3 is 2. The van der Waals surface area contributed by atoms with Crippen molar-refractivity contribution < 1.29 is 9.47 Å². The molecular weight excluding hydrogens is 266 g/mol. The zero-order valence-corrected chi connectivity index (χ0v) is 12.7. The van der Waals surface area contributed by atoms with Crippen LogP contribution in [0.25, 0.3) is 0 Å². The molecule has 0 fully saturated rings. The highest BCUT2D eigenvalue weighted by molar-refractivity contribution is 5.40. The lowest BCUT2D eigenvalue weighted by molar-refractivity contribution is 0.392. The molecule has 2 rings (SSSR count). The van der Waals surface area contributed by atoms with Crippen LogP contribution in [0.5, 0.6) is 11.6 Å². The molecule has 0 aliphatic carbocycles. The van der Waals surface area contributed by atoms with E-state index in [0.29, 0.717) is 5.88 Å². The van der Waals surface area contributed by atoms with Gasteiger partial charge in [0.25, 0.3) is 0 Å². The van der Waals surface area contributed by atoms with E-state index in [9.17, 15) is 0 Å². The number of nitrogens with one attached hydrogen (secondary N) is 1. The van der Waals surface area contributed by atoms with Crippen LogP contribution in [0, 0.1) is 0 Å². The molecule has 1 heterocycles. The van der Waals surface area contributed by atoms with Crippen molar-refractivity contribution in [2.24, 2.45) is 0 Å². The summed E-state index contributed by atoms with van der Waals surface area (Å²) >= 11 is 0.